The van der Waals surface area contributed by atoms with Crippen LogP contribution in [0.2, 0.25) is 0 Å². The zero-order valence-electron chi connectivity index (χ0n) is 25.0. The molecule has 5 rings (SSSR count). The summed E-state index contributed by atoms with van der Waals surface area (Å²) in [6.45, 7) is 17.2. The van der Waals surface area contributed by atoms with E-state index in [4.69, 9.17) is 14.0 Å². The highest BCUT2D eigenvalue weighted by atomic mass is 16.7. The second-order valence-corrected chi connectivity index (χ2v) is 12.2. The van der Waals surface area contributed by atoms with Crippen LogP contribution in [0.4, 0.5) is 4.79 Å². The lowest BCUT2D eigenvalue weighted by atomic mass is 9.76. The molecule has 1 fully saturated rings. The Labute approximate surface area is 239 Å². The summed E-state index contributed by atoms with van der Waals surface area (Å²) in [5, 5.41) is 2.99. The highest BCUT2D eigenvalue weighted by Crippen LogP contribution is 2.44. The van der Waals surface area contributed by atoms with Crippen LogP contribution >= 0.6 is 0 Å². The molecule has 6 heteroatoms. The maximum absolute atomic E-state index is 13.1. The molecule has 2 aliphatic rings. The third-order valence-corrected chi connectivity index (χ3v) is 9.09. The van der Waals surface area contributed by atoms with E-state index in [0.29, 0.717) is 0 Å². The molecular formula is C34H40BNO4. The third-order valence-electron chi connectivity index (χ3n) is 9.09. The fraction of sp³-hybridized carbons (Fsp3) is 0.382. The second-order valence-electron chi connectivity index (χ2n) is 12.2. The van der Waals surface area contributed by atoms with Crippen molar-refractivity contribution in [3.8, 4) is 11.1 Å². The summed E-state index contributed by atoms with van der Waals surface area (Å²) in [6, 6.07) is 18.9. The molecule has 3 aromatic rings. The van der Waals surface area contributed by atoms with Crippen LogP contribution in [0.25, 0.3) is 17.2 Å². The number of amides is 1. The van der Waals surface area contributed by atoms with Gasteiger partial charge in [0.2, 0.25) is 0 Å². The van der Waals surface area contributed by atoms with Gasteiger partial charge in [0.25, 0.3) is 0 Å². The summed E-state index contributed by atoms with van der Waals surface area (Å²) in [5.74, 6) is 0.0110. The largest absolute Gasteiger partial charge is 0.492 e. The number of alkyl carbamates (subject to hydrolysis) is 1. The van der Waals surface area contributed by atoms with Gasteiger partial charge >= 0.3 is 13.2 Å². The van der Waals surface area contributed by atoms with Gasteiger partial charge in [-0.05, 0) is 111 Å². The topological polar surface area (TPSA) is 56.8 Å². The molecule has 1 saturated heterocycles. The van der Waals surface area contributed by atoms with Gasteiger partial charge in [-0.15, -0.1) is 0 Å². The summed E-state index contributed by atoms with van der Waals surface area (Å²) in [4.78, 5) is 13.1. The number of rotatable bonds is 6. The van der Waals surface area contributed by atoms with E-state index in [9.17, 15) is 4.79 Å². The maximum atomic E-state index is 13.1. The Morgan fingerprint density at radius 3 is 1.90 bits per heavy atom. The number of fused-ring (bicyclic) bond motifs is 3. The SMILES string of the molecule is Cc1cc(C)c(C)c(C=C(CNC(=O)OCC2c3ccccc3-c3ccccc32)B2OC(C)(C)C(C)(C)O2)c1C. The van der Waals surface area contributed by atoms with Gasteiger partial charge in [-0.3, -0.25) is 0 Å². The highest BCUT2D eigenvalue weighted by molar-refractivity contribution is 6.56. The average molecular weight is 538 g/mol. The summed E-state index contributed by atoms with van der Waals surface area (Å²) in [5.41, 5.74) is 10.7. The third kappa shape index (κ3) is 5.11. The van der Waals surface area contributed by atoms with Gasteiger partial charge in [0, 0.05) is 12.5 Å². The van der Waals surface area contributed by atoms with Gasteiger partial charge in [0.15, 0.2) is 0 Å². The first-order chi connectivity index (χ1) is 18.9. The molecule has 1 N–H and O–H groups in total. The molecule has 1 amide bonds. The van der Waals surface area contributed by atoms with Crippen molar-refractivity contribution in [2.45, 2.75) is 72.5 Å². The molecule has 5 nitrogen and oxygen atoms in total. The number of hydrogen-bond donors (Lipinski definition) is 1. The van der Waals surface area contributed by atoms with Crippen molar-refractivity contribution >= 4 is 19.3 Å². The number of ether oxygens (including phenoxy) is 1. The molecule has 208 valence electrons. The number of carbonyl (C=O) groups excluding carboxylic acids is 1. The molecule has 0 spiro atoms. The van der Waals surface area contributed by atoms with Crippen LogP contribution in [0.1, 0.15) is 72.6 Å². The van der Waals surface area contributed by atoms with Crippen LogP contribution < -0.4 is 5.32 Å². The lowest BCUT2D eigenvalue weighted by Crippen LogP contribution is -2.41. The minimum atomic E-state index is -0.585. The van der Waals surface area contributed by atoms with Crippen molar-refractivity contribution in [2.24, 2.45) is 0 Å². The molecule has 0 bridgehead atoms. The number of aryl methyl sites for hydroxylation is 2. The van der Waals surface area contributed by atoms with Gasteiger partial charge in [0.05, 0.1) is 11.2 Å². The summed E-state index contributed by atoms with van der Waals surface area (Å²) < 4.78 is 18.6. The van der Waals surface area contributed by atoms with E-state index in [1.807, 2.05) is 52.0 Å². The molecule has 1 aliphatic heterocycles. The van der Waals surface area contributed by atoms with Crippen molar-refractivity contribution < 1.29 is 18.8 Å². The fourth-order valence-corrected chi connectivity index (χ4v) is 5.67. The van der Waals surface area contributed by atoms with E-state index >= 15 is 0 Å². The number of benzene rings is 3. The maximum Gasteiger partial charge on any atom is 0.492 e. The lowest BCUT2D eigenvalue weighted by molar-refractivity contribution is 0.00578. The summed E-state index contributed by atoms with van der Waals surface area (Å²) in [6.07, 6.45) is 1.66. The van der Waals surface area contributed by atoms with E-state index in [1.165, 1.54) is 44.5 Å². The Kier molecular flexibility index (Phi) is 7.45. The van der Waals surface area contributed by atoms with Crippen molar-refractivity contribution in [1.29, 1.82) is 0 Å². The molecular weight excluding hydrogens is 497 g/mol. The van der Waals surface area contributed by atoms with Crippen LogP contribution in [0.15, 0.2) is 60.1 Å². The van der Waals surface area contributed by atoms with Gasteiger partial charge in [-0.1, -0.05) is 60.7 Å². The molecule has 0 saturated carbocycles. The standard InChI is InChI=1S/C34H40BNO4/c1-21-17-22(2)24(4)30(23(21)3)18-25(35-39-33(5,6)34(7,8)40-35)19-36-32(37)38-20-31-28-15-11-9-13-26(28)27-14-10-12-16-29(27)31/h9-18,31H,19-20H2,1-8H3,(H,36,37). The van der Waals surface area contributed by atoms with Crippen molar-refractivity contribution in [2.75, 3.05) is 13.2 Å². The van der Waals surface area contributed by atoms with E-state index < -0.39 is 24.4 Å². The Morgan fingerprint density at radius 2 is 1.38 bits per heavy atom. The van der Waals surface area contributed by atoms with Crippen molar-refractivity contribution in [1.82, 2.24) is 5.32 Å². The minimum Gasteiger partial charge on any atom is -0.449 e. The van der Waals surface area contributed by atoms with Gasteiger partial charge in [-0.2, -0.15) is 0 Å². The first kappa shape index (κ1) is 28.2. The lowest BCUT2D eigenvalue weighted by Gasteiger charge is -2.32. The first-order valence-corrected chi connectivity index (χ1v) is 14.1. The predicted octanol–water partition coefficient (Wildman–Crippen LogP) is 7.47. The van der Waals surface area contributed by atoms with Crippen LogP contribution in [-0.2, 0) is 14.0 Å². The van der Waals surface area contributed by atoms with Crippen LogP contribution in [0.5, 0.6) is 0 Å². The molecule has 3 aromatic carbocycles. The Morgan fingerprint density at radius 1 is 0.875 bits per heavy atom. The molecule has 0 aromatic heterocycles. The van der Waals surface area contributed by atoms with E-state index in [1.54, 1.807) is 0 Å². The monoisotopic (exact) mass is 537 g/mol. The number of hydrogen-bond acceptors (Lipinski definition) is 4. The molecule has 0 radical (unpaired) electrons. The van der Waals surface area contributed by atoms with Crippen molar-refractivity contribution in [3.63, 3.8) is 0 Å². The fourth-order valence-electron chi connectivity index (χ4n) is 5.67. The van der Waals surface area contributed by atoms with E-state index in [-0.39, 0.29) is 19.1 Å². The zero-order valence-corrected chi connectivity index (χ0v) is 25.0. The molecule has 40 heavy (non-hydrogen) atoms. The van der Waals surface area contributed by atoms with E-state index in [0.717, 1.165) is 11.0 Å². The van der Waals surface area contributed by atoms with Crippen LogP contribution in [0.3, 0.4) is 0 Å². The van der Waals surface area contributed by atoms with Gasteiger partial charge < -0.3 is 19.4 Å². The molecule has 1 heterocycles. The molecule has 1 aliphatic carbocycles. The average Bonchev–Trinajstić information content (AvgIpc) is 3.34. The van der Waals surface area contributed by atoms with E-state index in [2.05, 4.69) is 69.4 Å². The smallest absolute Gasteiger partial charge is 0.449 e. The Balaban J connectivity index is 1.36. The summed E-state index contributed by atoms with van der Waals surface area (Å²) in [7, 11) is -0.585. The minimum absolute atomic E-state index is 0.0110. The normalized spacial score (nSPS) is 17.5. The highest BCUT2D eigenvalue weighted by Gasteiger charge is 2.52. The zero-order chi connectivity index (χ0) is 28.8. The van der Waals surface area contributed by atoms with Gasteiger partial charge in [-0.25, -0.2) is 4.79 Å². The van der Waals surface area contributed by atoms with Crippen molar-refractivity contribution in [3.05, 3.63) is 99.0 Å². The number of nitrogens with one attached hydrogen (secondary N) is 1. The van der Waals surface area contributed by atoms with Gasteiger partial charge in [0.1, 0.15) is 6.61 Å². The molecule has 0 atom stereocenters. The second kappa shape index (κ2) is 10.6. The van der Waals surface area contributed by atoms with Crippen LogP contribution in [0, 0.1) is 27.7 Å². The Bertz CT molecular complexity index is 1400. The first-order valence-electron chi connectivity index (χ1n) is 14.1. The van der Waals surface area contributed by atoms with Crippen LogP contribution in [-0.4, -0.2) is 37.6 Å². The molecule has 0 unspecified atom stereocenters. The Hall–Kier alpha value is -3.35. The number of carbonyl (C=O) groups is 1. The predicted molar refractivity (Wildman–Crippen MR) is 163 cm³/mol. The summed E-state index contributed by atoms with van der Waals surface area (Å²) >= 11 is 0. The quantitative estimate of drug-likeness (QED) is 0.332.